The van der Waals surface area contributed by atoms with Crippen LogP contribution in [-0.4, -0.2) is 38.9 Å². The molecule has 0 aromatic heterocycles. The van der Waals surface area contributed by atoms with Gasteiger partial charge in [0, 0.05) is 26.3 Å². The van der Waals surface area contributed by atoms with Crippen LogP contribution >= 0.6 is 0 Å². The Kier molecular flexibility index (Phi) is 6.87. The second kappa shape index (κ2) is 9.15. The van der Waals surface area contributed by atoms with Crippen LogP contribution in [0, 0.1) is 5.92 Å². The number of benzene rings is 1. The molecule has 1 fully saturated rings. The Bertz CT molecular complexity index is 512. The predicted molar refractivity (Wildman–Crippen MR) is 86.2 cm³/mol. The maximum atomic E-state index is 11.7. The van der Waals surface area contributed by atoms with Crippen LogP contribution in [-0.2, 0) is 16.0 Å². The molecule has 0 heterocycles. The zero-order valence-electron chi connectivity index (χ0n) is 13.5. The average Bonchev–Trinajstić information content (AvgIpc) is 3.40. The summed E-state index contributed by atoms with van der Waals surface area (Å²) in [7, 11) is 1.35. The minimum Gasteiger partial charge on any atom is -0.465 e. The highest BCUT2D eigenvalue weighted by atomic mass is 16.5. The molecular weight excluding hydrogens is 296 g/mol. The van der Waals surface area contributed by atoms with Crippen LogP contribution in [0.3, 0.4) is 0 Å². The van der Waals surface area contributed by atoms with E-state index in [0.717, 1.165) is 24.5 Å². The van der Waals surface area contributed by atoms with Crippen molar-refractivity contribution in [1.29, 1.82) is 0 Å². The molecule has 2 rings (SSSR count). The molecule has 1 aliphatic carbocycles. The molecule has 1 aliphatic rings. The lowest BCUT2D eigenvalue weighted by Gasteiger charge is -2.08. The standard InChI is InChI=1S/C17H24N2O4/c1-22-16(20)15-7-5-13(6-8-15)11-19-17(21)18-9-2-10-23-12-14-3-4-14/h5-8,14H,2-4,9-12H2,1H3,(H2,18,19,21). The Balaban J connectivity index is 1.55. The first-order valence-electron chi connectivity index (χ1n) is 7.95. The normalized spacial score (nSPS) is 13.4. The van der Waals surface area contributed by atoms with Crippen molar-refractivity contribution in [3.8, 4) is 0 Å². The van der Waals surface area contributed by atoms with Crippen molar-refractivity contribution >= 4 is 12.0 Å². The minimum atomic E-state index is -0.369. The third kappa shape index (κ3) is 6.69. The number of methoxy groups -OCH3 is 1. The van der Waals surface area contributed by atoms with Gasteiger partial charge in [0.2, 0.25) is 0 Å². The average molecular weight is 320 g/mol. The van der Waals surface area contributed by atoms with Crippen molar-refractivity contribution in [3.63, 3.8) is 0 Å². The predicted octanol–water partition coefficient (Wildman–Crippen LogP) is 2.09. The molecule has 0 unspecified atom stereocenters. The summed E-state index contributed by atoms with van der Waals surface area (Å²) in [5, 5.41) is 5.56. The number of esters is 1. The summed E-state index contributed by atoms with van der Waals surface area (Å²) >= 11 is 0. The molecule has 0 spiro atoms. The third-order valence-electron chi connectivity index (χ3n) is 3.63. The smallest absolute Gasteiger partial charge is 0.337 e. The van der Waals surface area contributed by atoms with Crippen molar-refractivity contribution in [1.82, 2.24) is 10.6 Å². The van der Waals surface area contributed by atoms with Gasteiger partial charge in [-0.15, -0.1) is 0 Å². The van der Waals surface area contributed by atoms with Gasteiger partial charge in [0.15, 0.2) is 0 Å². The molecule has 2 amide bonds. The fraction of sp³-hybridized carbons (Fsp3) is 0.529. The first-order valence-corrected chi connectivity index (χ1v) is 7.95. The molecule has 23 heavy (non-hydrogen) atoms. The maximum absolute atomic E-state index is 11.7. The first kappa shape index (κ1) is 17.3. The van der Waals surface area contributed by atoms with E-state index in [9.17, 15) is 9.59 Å². The summed E-state index contributed by atoms with van der Waals surface area (Å²) in [4.78, 5) is 23.0. The van der Waals surface area contributed by atoms with Gasteiger partial charge in [-0.1, -0.05) is 12.1 Å². The zero-order chi connectivity index (χ0) is 16.5. The molecule has 0 radical (unpaired) electrons. The molecule has 0 aliphatic heterocycles. The topological polar surface area (TPSA) is 76.7 Å². The summed E-state index contributed by atoms with van der Waals surface area (Å²) < 4.78 is 10.1. The molecule has 1 aromatic carbocycles. The molecule has 2 N–H and O–H groups in total. The maximum Gasteiger partial charge on any atom is 0.337 e. The van der Waals surface area contributed by atoms with Gasteiger partial charge in [-0.05, 0) is 42.9 Å². The molecular formula is C17H24N2O4. The largest absolute Gasteiger partial charge is 0.465 e. The lowest BCUT2D eigenvalue weighted by atomic mass is 10.1. The van der Waals surface area contributed by atoms with Crippen molar-refractivity contribution in [3.05, 3.63) is 35.4 Å². The summed E-state index contributed by atoms with van der Waals surface area (Å²) in [5.41, 5.74) is 1.41. The van der Waals surface area contributed by atoms with Crippen LogP contribution in [0.1, 0.15) is 35.2 Å². The van der Waals surface area contributed by atoms with Gasteiger partial charge in [-0.2, -0.15) is 0 Å². The van der Waals surface area contributed by atoms with Gasteiger partial charge >= 0.3 is 12.0 Å². The quantitative estimate of drug-likeness (QED) is 0.539. The van der Waals surface area contributed by atoms with Gasteiger partial charge in [0.05, 0.1) is 12.7 Å². The van der Waals surface area contributed by atoms with E-state index in [2.05, 4.69) is 15.4 Å². The van der Waals surface area contributed by atoms with Crippen molar-refractivity contribution in [2.45, 2.75) is 25.8 Å². The minimum absolute atomic E-state index is 0.204. The van der Waals surface area contributed by atoms with Crippen LogP contribution in [0.2, 0.25) is 0 Å². The summed E-state index contributed by atoms with van der Waals surface area (Å²) in [5.74, 6) is 0.406. The molecule has 0 atom stereocenters. The van der Waals surface area contributed by atoms with Gasteiger partial charge in [-0.3, -0.25) is 0 Å². The highest BCUT2D eigenvalue weighted by Gasteiger charge is 2.20. The SMILES string of the molecule is COC(=O)c1ccc(CNC(=O)NCCCOCC2CC2)cc1. The summed E-state index contributed by atoms with van der Waals surface area (Å²) in [6.45, 7) is 2.54. The number of hydrogen-bond acceptors (Lipinski definition) is 4. The molecule has 1 aromatic rings. The van der Waals surface area contributed by atoms with Crippen LogP contribution < -0.4 is 10.6 Å². The van der Waals surface area contributed by atoms with Crippen LogP contribution in [0.25, 0.3) is 0 Å². The van der Waals surface area contributed by atoms with E-state index in [-0.39, 0.29) is 12.0 Å². The van der Waals surface area contributed by atoms with Gasteiger partial charge in [0.1, 0.15) is 0 Å². The number of amides is 2. The number of ether oxygens (including phenoxy) is 2. The van der Waals surface area contributed by atoms with E-state index in [1.807, 2.05) is 0 Å². The molecule has 0 saturated heterocycles. The number of carbonyl (C=O) groups excluding carboxylic acids is 2. The fourth-order valence-electron chi connectivity index (χ4n) is 2.03. The highest BCUT2D eigenvalue weighted by molar-refractivity contribution is 5.89. The number of carbonyl (C=O) groups is 2. The van der Waals surface area contributed by atoms with Gasteiger partial charge in [-0.25, -0.2) is 9.59 Å². The summed E-state index contributed by atoms with van der Waals surface area (Å²) in [6, 6.07) is 6.73. The Hall–Kier alpha value is -2.08. The van der Waals surface area contributed by atoms with Gasteiger partial charge in [0.25, 0.3) is 0 Å². The van der Waals surface area contributed by atoms with Crippen LogP contribution in [0.15, 0.2) is 24.3 Å². The highest BCUT2D eigenvalue weighted by Crippen LogP contribution is 2.28. The van der Waals surface area contributed by atoms with Gasteiger partial charge < -0.3 is 20.1 Å². The second-order valence-corrected chi connectivity index (χ2v) is 5.67. The van der Waals surface area contributed by atoms with E-state index >= 15 is 0 Å². The molecule has 6 nitrogen and oxygen atoms in total. The lowest BCUT2D eigenvalue weighted by Crippen LogP contribution is -2.35. The monoisotopic (exact) mass is 320 g/mol. The molecule has 1 saturated carbocycles. The Morgan fingerprint density at radius 2 is 1.91 bits per heavy atom. The van der Waals surface area contributed by atoms with E-state index < -0.39 is 0 Å². The van der Waals surface area contributed by atoms with E-state index in [1.54, 1.807) is 24.3 Å². The molecule has 126 valence electrons. The zero-order valence-corrected chi connectivity index (χ0v) is 13.5. The number of urea groups is 1. The third-order valence-corrected chi connectivity index (χ3v) is 3.63. The van der Waals surface area contributed by atoms with Crippen LogP contribution in [0.4, 0.5) is 4.79 Å². The first-order chi connectivity index (χ1) is 11.2. The fourth-order valence-corrected chi connectivity index (χ4v) is 2.03. The van der Waals surface area contributed by atoms with Crippen molar-refractivity contribution < 1.29 is 19.1 Å². The Morgan fingerprint density at radius 3 is 2.57 bits per heavy atom. The number of hydrogen-bond donors (Lipinski definition) is 2. The Labute approximate surface area is 136 Å². The van der Waals surface area contributed by atoms with E-state index in [0.29, 0.717) is 25.3 Å². The molecule has 6 heteroatoms. The Morgan fingerprint density at radius 1 is 1.17 bits per heavy atom. The number of nitrogens with one attached hydrogen (secondary N) is 2. The van der Waals surface area contributed by atoms with Crippen molar-refractivity contribution in [2.75, 3.05) is 26.9 Å². The van der Waals surface area contributed by atoms with E-state index in [4.69, 9.17) is 4.74 Å². The second-order valence-electron chi connectivity index (χ2n) is 5.67. The molecule has 0 bridgehead atoms. The van der Waals surface area contributed by atoms with Crippen LogP contribution in [0.5, 0.6) is 0 Å². The number of rotatable bonds is 9. The van der Waals surface area contributed by atoms with E-state index in [1.165, 1.54) is 20.0 Å². The summed E-state index contributed by atoms with van der Waals surface area (Å²) in [6.07, 6.45) is 3.40. The lowest BCUT2D eigenvalue weighted by molar-refractivity contribution is 0.0600. The van der Waals surface area contributed by atoms with Crippen molar-refractivity contribution in [2.24, 2.45) is 5.92 Å².